The van der Waals surface area contributed by atoms with Crippen molar-refractivity contribution in [3.8, 4) is 0 Å². The second-order valence-corrected chi connectivity index (χ2v) is 8.38. The van der Waals surface area contributed by atoms with Crippen molar-refractivity contribution in [2.24, 2.45) is 17.6 Å². The molecule has 2 aromatic heterocycles. The first-order valence-corrected chi connectivity index (χ1v) is 9.77. The largest absolute Gasteiger partial charge is 0.349 e. The number of rotatable bonds is 3. The van der Waals surface area contributed by atoms with Crippen LogP contribution in [0.2, 0.25) is 0 Å². The van der Waals surface area contributed by atoms with E-state index in [0.29, 0.717) is 28.8 Å². The Morgan fingerprint density at radius 3 is 2.65 bits per heavy atom. The molecule has 2 unspecified atom stereocenters. The van der Waals surface area contributed by atoms with Crippen molar-refractivity contribution in [2.75, 3.05) is 0 Å². The highest BCUT2D eigenvalue weighted by Gasteiger charge is 2.40. The molecule has 4 rings (SSSR count). The Hall–Kier alpha value is -1.95. The summed E-state index contributed by atoms with van der Waals surface area (Å²) >= 11 is 0. The van der Waals surface area contributed by atoms with Gasteiger partial charge in [-0.3, -0.25) is 4.79 Å². The Morgan fingerprint density at radius 2 is 2.00 bits per heavy atom. The first kappa shape index (κ1) is 17.5. The zero-order valence-electron chi connectivity index (χ0n) is 15.8. The highest BCUT2D eigenvalue weighted by molar-refractivity contribution is 6.06. The molecule has 0 saturated heterocycles. The van der Waals surface area contributed by atoms with E-state index in [9.17, 15) is 4.79 Å². The minimum Gasteiger partial charge on any atom is -0.349 e. The Balaban J connectivity index is 1.67. The molecule has 6 nitrogen and oxygen atoms in total. The van der Waals surface area contributed by atoms with Crippen LogP contribution in [0.4, 0.5) is 0 Å². The second-order valence-electron chi connectivity index (χ2n) is 8.38. The van der Waals surface area contributed by atoms with E-state index in [1.807, 2.05) is 13.0 Å². The number of fused-ring (bicyclic) bond motifs is 3. The number of pyridine rings is 1. The fourth-order valence-corrected chi connectivity index (χ4v) is 4.84. The van der Waals surface area contributed by atoms with Crippen LogP contribution in [0.3, 0.4) is 0 Å². The van der Waals surface area contributed by atoms with Crippen LogP contribution in [0.1, 0.15) is 73.6 Å². The monoisotopic (exact) mass is 356 g/mol. The summed E-state index contributed by atoms with van der Waals surface area (Å²) in [6, 6.07) is 2.40. The number of hydrogen-bond acceptors (Lipinski definition) is 5. The van der Waals surface area contributed by atoms with Gasteiger partial charge in [0.05, 0.1) is 16.6 Å². The summed E-state index contributed by atoms with van der Waals surface area (Å²) in [5.74, 6) is 1.16. The Morgan fingerprint density at radius 1 is 1.31 bits per heavy atom. The van der Waals surface area contributed by atoms with Gasteiger partial charge in [0.25, 0.3) is 11.6 Å². The van der Waals surface area contributed by atoms with Gasteiger partial charge in [-0.1, -0.05) is 25.4 Å². The lowest BCUT2D eigenvalue weighted by atomic mass is 9.67. The molecular formula is C20H28N4O2. The Bertz CT molecular complexity index is 815. The molecule has 2 aliphatic rings. The van der Waals surface area contributed by atoms with Crippen LogP contribution in [-0.4, -0.2) is 28.1 Å². The van der Waals surface area contributed by atoms with Gasteiger partial charge < -0.3 is 15.6 Å². The summed E-state index contributed by atoms with van der Waals surface area (Å²) in [5.41, 5.74) is 8.86. The molecule has 2 saturated carbocycles. The molecular weight excluding hydrogens is 328 g/mol. The summed E-state index contributed by atoms with van der Waals surface area (Å²) in [7, 11) is 0. The Kier molecular flexibility index (Phi) is 4.47. The Labute approximate surface area is 153 Å². The SMILES string of the molecule is Cc1noc2nc(C(C)C)cc(C(=O)NC3C4CCCC3CC(N)C4)c12. The molecule has 26 heavy (non-hydrogen) atoms. The van der Waals surface area contributed by atoms with E-state index in [-0.39, 0.29) is 23.9 Å². The van der Waals surface area contributed by atoms with Crippen LogP contribution in [0.15, 0.2) is 10.6 Å². The molecule has 0 radical (unpaired) electrons. The fourth-order valence-electron chi connectivity index (χ4n) is 4.84. The molecule has 0 aliphatic heterocycles. The summed E-state index contributed by atoms with van der Waals surface area (Å²) in [4.78, 5) is 17.8. The predicted octanol–water partition coefficient (Wildman–Crippen LogP) is 3.29. The summed E-state index contributed by atoms with van der Waals surface area (Å²) < 4.78 is 5.35. The van der Waals surface area contributed by atoms with Crippen LogP contribution >= 0.6 is 0 Å². The zero-order valence-corrected chi connectivity index (χ0v) is 15.8. The average Bonchev–Trinajstić information content (AvgIpc) is 2.96. The lowest BCUT2D eigenvalue weighted by Crippen LogP contribution is -2.53. The van der Waals surface area contributed by atoms with E-state index >= 15 is 0 Å². The maximum Gasteiger partial charge on any atom is 0.259 e. The van der Waals surface area contributed by atoms with Gasteiger partial charge in [0, 0.05) is 17.8 Å². The number of carbonyl (C=O) groups is 1. The van der Waals surface area contributed by atoms with E-state index in [0.717, 1.165) is 36.8 Å². The van der Waals surface area contributed by atoms with Gasteiger partial charge in [-0.25, -0.2) is 4.98 Å². The standard InChI is InChI=1S/C20H28N4O2/c1-10(2)16-9-15(17-11(3)24-26-20(17)22-16)19(25)23-18-12-5-4-6-13(18)8-14(21)7-12/h9-10,12-14,18H,4-8,21H2,1-3H3,(H,23,25). The maximum absolute atomic E-state index is 13.2. The normalized spacial score (nSPS) is 28.5. The van der Waals surface area contributed by atoms with Gasteiger partial charge in [0.15, 0.2) is 0 Å². The molecule has 6 heteroatoms. The molecule has 140 valence electrons. The molecule has 2 atom stereocenters. The quantitative estimate of drug-likeness (QED) is 0.880. The summed E-state index contributed by atoms with van der Waals surface area (Å²) in [5, 5.41) is 8.09. The highest BCUT2D eigenvalue weighted by Crippen LogP contribution is 2.40. The van der Waals surface area contributed by atoms with Crippen molar-refractivity contribution in [1.29, 1.82) is 0 Å². The molecule has 2 aliphatic carbocycles. The maximum atomic E-state index is 13.2. The number of hydrogen-bond donors (Lipinski definition) is 2. The summed E-state index contributed by atoms with van der Waals surface area (Å²) in [6.07, 6.45) is 5.58. The third-order valence-corrected chi connectivity index (χ3v) is 6.15. The van der Waals surface area contributed by atoms with Gasteiger partial charge in [-0.2, -0.15) is 0 Å². The number of nitrogens with two attached hydrogens (primary N) is 1. The van der Waals surface area contributed by atoms with E-state index in [1.165, 1.54) is 6.42 Å². The first-order chi connectivity index (χ1) is 12.4. The van der Waals surface area contributed by atoms with Gasteiger partial charge in [0.1, 0.15) is 0 Å². The van der Waals surface area contributed by atoms with Gasteiger partial charge in [0.2, 0.25) is 0 Å². The molecule has 0 aromatic carbocycles. The van der Waals surface area contributed by atoms with E-state index in [2.05, 4.69) is 29.3 Å². The molecule has 2 aromatic rings. The lowest BCUT2D eigenvalue weighted by molar-refractivity contribution is 0.0757. The topological polar surface area (TPSA) is 94.0 Å². The second kappa shape index (κ2) is 6.65. The van der Waals surface area contributed by atoms with E-state index in [1.54, 1.807) is 0 Å². The molecule has 0 spiro atoms. The number of amides is 1. The molecule has 1 amide bonds. The molecule has 2 bridgehead atoms. The highest BCUT2D eigenvalue weighted by atomic mass is 16.5. The molecule has 2 heterocycles. The predicted molar refractivity (Wildman–Crippen MR) is 99.9 cm³/mol. The van der Waals surface area contributed by atoms with Crippen molar-refractivity contribution in [2.45, 2.75) is 70.9 Å². The lowest BCUT2D eigenvalue weighted by Gasteiger charge is -2.45. The van der Waals surface area contributed by atoms with Gasteiger partial charge >= 0.3 is 0 Å². The van der Waals surface area contributed by atoms with Crippen LogP contribution < -0.4 is 11.1 Å². The van der Waals surface area contributed by atoms with Gasteiger partial charge in [-0.15, -0.1) is 0 Å². The van der Waals surface area contributed by atoms with E-state index in [4.69, 9.17) is 10.3 Å². The fraction of sp³-hybridized carbons (Fsp3) is 0.650. The number of nitrogens with zero attached hydrogens (tertiary/aromatic N) is 2. The summed E-state index contributed by atoms with van der Waals surface area (Å²) in [6.45, 7) is 5.98. The number of carbonyl (C=O) groups excluding carboxylic acids is 1. The smallest absolute Gasteiger partial charge is 0.259 e. The minimum atomic E-state index is -0.0389. The van der Waals surface area contributed by atoms with E-state index < -0.39 is 0 Å². The van der Waals surface area contributed by atoms with Crippen LogP contribution in [-0.2, 0) is 0 Å². The molecule has 2 fully saturated rings. The van der Waals surface area contributed by atoms with Crippen LogP contribution in [0, 0.1) is 18.8 Å². The number of aryl methyl sites for hydroxylation is 1. The third kappa shape index (κ3) is 3.00. The van der Waals surface area contributed by atoms with Crippen LogP contribution in [0.25, 0.3) is 11.1 Å². The van der Waals surface area contributed by atoms with Crippen molar-refractivity contribution >= 4 is 17.0 Å². The number of aromatic nitrogens is 2. The van der Waals surface area contributed by atoms with Crippen LogP contribution in [0.5, 0.6) is 0 Å². The van der Waals surface area contributed by atoms with Crippen molar-refractivity contribution in [1.82, 2.24) is 15.5 Å². The third-order valence-electron chi connectivity index (χ3n) is 6.15. The number of nitrogens with one attached hydrogen (secondary N) is 1. The first-order valence-electron chi connectivity index (χ1n) is 9.77. The van der Waals surface area contributed by atoms with Crippen molar-refractivity contribution in [3.63, 3.8) is 0 Å². The average molecular weight is 356 g/mol. The van der Waals surface area contributed by atoms with Gasteiger partial charge in [-0.05, 0) is 56.4 Å². The van der Waals surface area contributed by atoms with Crippen molar-refractivity contribution in [3.05, 3.63) is 23.0 Å². The van der Waals surface area contributed by atoms with Crippen molar-refractivity contribution < 1.29 is 9.32 Å². The molecule has 3 N–H and O–H groups in total. The minimum absolute atomic E-state index is 0.0389. The zero-order chi connectivity index (χ0) is 18.4.